The van der Waals surface area contributed by atoms with Gasteiger partial charge in [-0.15, -0.1) is 0 Å². The van der Waals surface area contributed by atoms with Crippen molar-refractivity contribution in [3.05, 3.63) is 70.0 Å². The molecule has 30 heavy (non-hydrogen) atoms. The SMILES string of the molecule is O=C(NC[C@@H](c1ccc(F)cc1)N1CCOCC1)C(=O)Nc1cccc([N+](=O)[O-])c1. The summed E-state index contributed by atoms with van der Waals surface area (Å²) >= 11 is 0. The number of non-ortho nitro benzene ring substituents is 1. The van der Waals surface area contributed by atoms with E-state index in [2.05, 4.69) is 15.5 Å². The predicted molar refractivity (Wildman–Crippen MR) is 106 cm³/mol. The Hall–Kier alpha value is -3.37. The summed E-state index contributed by atoms with van der Waals surface area (Å²) in [5, 5.41) is 15.8. The van der Waals surface area contributed by atoms with Crippen molar-refractivity contribution in [3.8, 4) is 0 Å². The van der Waals surface area contributed by atoms with Crippen LogP contribution < -0.4 is 10.6 Å². The number of benzene rings is 2. The lowest BCUT2D eigenvalue weighted by molar-refractivity contribution is -0.384. The van der Waals surface area contributed by atoms with Gasteiger partial charge in [-0.25, -0.2) is 4.39 Å². The lowest BCUT2D eigenvalue weighted by Gasteiger charge is -2.34. The molecule has 0 spiro atoms. The highest BCUT2D eigenvalue weighted by Gasteiger charge is 2.24. The topological polar surface area (TPSA) is 114 Å². The molecule has 10 heteroatoms. The first kappa shape index (κ1) is 21.3. The average molecular weight is 416 g/mol. The van der Waals surface area contributed by atoms with Crippen LogP contribution in [0.4, 0.5) is 15.8 Å². The molecule has 3 rings (SSSR count). The summed E-state index contributed by atoms with van der Waals surface area (Å²) in [6.07, 6.45) is 0. The van der Waals surface area contributed by atoms with Crippen molar-refractivity contribution in [2.45, 2.75) is 6.04 Å². The molecule has 0 unspecified atom stereocenters. The number of nitrogens with zero attached hydrogens (tertiary/aromatic N) is 2. The third-order valence-corrected chi connectivity index (χ3v) is 4.72. The number of nitro groups is 1. The maximum Gasteiger partial charge on any atom is 0.313 e. The second kappa shape index (κ2) is 9.90. The number of rotatable bonds is 6. The number of amides is 2. The molecule has 158 valence electrons. The second-order valence-electron chi connectivity index (χ2n) is 6.69. The molecule has 0 aliphatic carbocycles. The summed E-state index contributed by atoms with van der Waals surface area (Å²) in [5.41, 5.74) is 0.752. The summed E-state index contributed by atoms with van der Waals surface area (Å²) in [5.74, 6) is -2.17. The van der Waals surface area contributed by atoms with Crippen LogP contribution in [0.2, 0.25) is 0 Å². The van der Waals surface area contributed by atoms with Gasteiger partial charge in [0, 0.05) is 37.5 Å². The molecule has 1 aliphatic heterocycles. The maximum absolute atomic E-state index is 13.3. The van der Waals surface area contributed by atoms with Gasteiger partial charge in [-0.2, -0.15) is 0 Å². The van der Waals surface area contributed by atoms with Gasteiger partial charge >= 0.3 is 11.8 Å². The van der Waals surface area contributed by atoms with Crippen LogP contribution in [0.5, 0.6) is 0 Å². The third kappa shape index (κ3) is 5.58. The van der Waals surface area contributed by atoms with Crippen LogP contribution >= 0.6 is 0 Å². The fourth-order valence-corrected chi connectivity index (χ4v) is 3.19. The number of hydrogen-bond acceptors (Lipinski definition) is 6. The molecule has 2 aromatic rings. The van der Waals surface area contributed by atoms with Gasteiger partial charge in [-0.1, -0.05) is 18.2 Å². The molecular weight excluding hydrogens is 395 g/mol. The van der Waals surface area contributed by atoms with E-state index in [9.17, 15) is 24.1 Å². The van der Waals surface area contributed by atoms with E-state index in [1.807, 2.05) is 0 Å². The van der Waals surface area contributed by atoms with E-state index in [0.29, 0.717) is 26.3 Å². The molecule has 1 fully saturated rings. The Morgan fingerprint density at radius 3 is 2.50 bits per heavy atom. The van der Waals surface area contributed by atoms with E-state index in [1.54, 1.807) is 12.1 Å². The van der Waals surface area contributed by atoms with Crippen LogP contribution in [0.3, 0.4) is 0 Å². The molecule has 2 N–H and O–H groups in total. The van der Waals surface area contributed by atoms with Crippen molar-refractivity contribution in [2.75, 3.05) is 38.2 Å². The van der Waals surface area contributed by atoms with E-state index >= 15 is 0 Å². The maximum atomic E-state index is 13.3. The van der Waals surface area contributed by atoms with Crippen molar-refractivity contribution < 1.29 is 23.6 Å². The summed E-state index contributed by atoms with van der Waals surface area (Å²) in [7, 11) is 0. The minimum atomic E-state index is -0.935. The van der Waals surface area contributed by atoms with Gasteiger partial charge in [0.15, 0.2) is 0 Å². The average Bonchev–Trinajstić information content (AvgIpc) is 2.76. The smallest absolute Gasteiger partial charge is 0.313 e. The van der Waals surface area contributed by atoms with Crippen molar-refractivity contribution in [1.29, 1.82) is 0 Å². The zero-order chi connectivity index (χ0) is 21.5. The summed E-state index contributed by atoms with van der Waals surface area (Å²) in [6.45, 7) is 2.49. The zero-order valence-corrected chi connectivity index (χ0v) is 16.0. The summed E-state index contributed by atoms with van der Waals surface area (Å²) in [4.78, 5) is 36.8. The Morgan fingerprint density at radius 1 is 1.13 bits per heavy atom. The van der Waals surface area contributed by atoms with E-state index < -0.39 is 16.7 Å². The minimum absolute atomic E-state index is 0.132. The zero-order valence-electron chi connectivity index (χ0n) is 16.0. The molecule has 1 saturated heterocycles. The molecule has 0 bridgehead atoms. The van der Waals surface area contributed by atoms with Crippen molar-refractivity contribution in [1.82, 2.24) is 10.2 Å². The molecule has 0 aromatic heterocycles. The number of halogens is 1. The molecule has 2 amide bonds. The quantitative estimate of drug-likeness (QED) is 0.422. The Balaban J connectivity index is 1.64. The highest BCUT2D eigenvalue weighted by molar-refractivity contribution is 6.39. The molecular formula is C20H21FN4O5. The molecule has 1 aliphatic rings. The molecule has 2 aromatic carbocycles. The number of ether oxygens (including phenoxy) is 1. The standard InChI is InChI=1S/C20H21FN4O5/c21-15-6-4-14(5-7-15)18(24-8-10-30-11-9-24)13-22-19(26)20(27)23-16-2-1-3-17(12-16)25(28)29/h1-7,12,18H,8-11,13H2,(H,22,26)(H,23,27)/t18-/m0/s1. The van der Waals surface area contributed by atoms with Crippen LogP contribution in [-0.4, -0.2) is 54.5 Å². The molecule has 9 nitrogen and oxygen atoms in total. The lowest BCUT2D eigenvalue weighted by atomic mass is 10.0. The fraction of sp³-hybridized carbons (Fsp3) is 0.300. The number of carbonyl (C=O) groups is 2. The van der Waals surface area contributed by atoms with Crippen molar-refractivity contribution in [2.24, 2.45) is 0 Å². The van der Waals surface area contributed by atoms with Crippen LogP contribution in [0, 0.1) is 15.9 Å². The van der Waals surface area contributed by atoms with Gasteiger partial charge in [0.1, 0.15) is 5.82 Å². The Labute approximate surface area is 172 Å². The molecule has 1 atom stereocenters. The number of anilines is 1. The molecule has 1 heterocycles. The number of nitro benzene ring substituents is 1. The first-order valence-electron chi connectivity index (χ1n) is 9.35. The molecule has 0 saturated carbocycles. The minimum Gasteiger partial charge on any atom is -0.379 e. The Morgan fingerprint density at radius 2 is 1.83 bits per heavy atom. The normalized spacial score (nSPS) is 15.2. The summed E-state index contributed by atoms with van der Waals surface area (Å²) in [6, 6.07) is 11.0. The Bertz CT molecular complexity index is 916. The molecule has 0 radical (unpaired) electrons. The van der Waals surface area contributed by atoms with E-state index in [0.717, 1.165) is 5.56 Å². The van der Waals surface area contributed by atoms with Crippen LogP contribution in [0.1, 0.15) is 11.6 Å². The predicted octanol–water partition coefficient (Wildman–Crippen LogP) is 1.86. The van der Waals surface area contributed by atoms with Crippen molar-refractivity contribution >= 4 is 23.2 Å². The van der Waals surface area contributed by atoms with E-state index in [4.69, 9.17) is 4.74 Å². The first-order valence-corrected chi connectivity index (χ1v) is 9.35. The van der Waals surface area contributed by atoms with Crippen LogP contribution in [-0.2, 0) is 14.3 Å². The van der Waals surface area contributed by atoms with Gasteiger partial charge in [-0.3, -0.25) is 24.6 Å². The van der Waals surface area contributed by atoms with E-state index in [1.165, 1.54) is 36.4 Å². The van der Waals surface area contributed by atoms with Gasteiger partial charge in [0.2, 0.25) is 0 Å². The second-order valence-corrected chi connectivity index (χ2v) is 6.69. The first-order chi connectivity index (χ1) is 14.4. The van der Waals surface area contributed by atoms with Gasteiger partial charge < -0.3 is 15.4 Å². The van der Waals surface area contributed by atoms with Gasteiger partial charge in [0.25, 0.3) is 5.69 Å². The lowest BCUT2D eigenvalue weighted by Crippen LogP contribution is -2.45. The van der Waals surface area contributed by atoms with Crippen LogP contribution in [0.15, 0.2) is 48.5 Å². The highest BCUT2D eigenvalue weighted by atomic mass is 19.1. The van der Waals surface area contributed by atoms with Crippen LogP contribution in [0.25, 0.3) is 0 Å². The number of morpholine rings is 1. The third-order valence-electron chi connectivity index (χ3n) is 4.72. The largest absolute Gasteiger partial charge is 0.379 e. The van der Waals surface area contributed by atoms with Crippen molar-refractivity contribution in [3.63, 3.8) is 0 Å². The number of carbonyl (C=O) groups excluding carboxylic acids is 2. The van der Waals surface area contributed by atoms with E-state index in [-0.39, 0.29) is 29.8 Å². The summed E-state index contributed by atoms with van der Waals surface area (Å²) < 4.78 is 18.7. The number of nitrogens with one attached hydrogen (secondary N) is 2. The Kier molecular flexibility index (Phi) is 7.04. The monoisotopic (exact) mass is 416 g/mol. The number of hydrogen-bond donors (Lipinski definition) is 2. The fourth-order valence-electron chi connectivity index (χ4n) is 3.19. The highest BCUT2D eigenvalue weighted by Crippen LogP contribution is 2.22. The van der Waals surface area contributed by atoms with Gasteiger partial charge in [0.05, 0.1) is 24.2 Å². The van der Waals surface area contributed by atoms with Gasteiger partial charge in [-0.05, 0) is 23.8 Å².